The third-order valence-corrected chi connectivity index (χ3v) is 3.85. The zero-order chi connectivity index (χ0) is 12.2. The number of amides is 1. The number of rotatable bonds is 7. The van der Waals surface area contributed by atoms with Crippen LogP contribution in [0.15, 0.2) is 0 Å². The molecule has 1 aliphatic carbocycles. The maximum absolute atomic E-state index is 11.4. The summed E-state index contributed by atoms with van der Waals surface area (Å²) in [5, 5.41) is 2.76. The summed E-state index contributed by atoms with van der Waals surface area (Å²) in [4.78, 5) is 11.3. The van der Waals surface area contributed by atoms with Gasteiger partial charge in [0, 0.05) is 25.6 Å². The molecule has 0 atom stereocenters. The number of hydrogen-bond acceptors (Lipinski definition) is 3. The summed E-state index contributed by atoms with van der Waals surface area (Å²) in [6.07, 6.45) is 3.92. The second-order valence-corrected chi connectivity index (χ2v) is 6.21. The molecule has 0 aromatic rings. The molecule has 1 N–H and O–H groups in total. The standard InChI is InChI=1S/C10H20N2O3S/c1-3-7-12(16(2,14)15)8-6-11-10(13)9-4-5-9/h9H,3-8H2,1-2H3,(H,11,13). The highest BCUT2D eigenvalue weighted by Gasteiger charge is 2.29. The van der Waals surface area contributed by atoms with Crippen molar-refractivity contribution in [3.05, 3.63) is 0 Å². The zero-order valence-corrected chi connectivity index (χ0v) is 10.7. The summed E-state index contributed by atoms with van der Waals surface area (Å²) in [6.45, 7) is 3.21. The molecule has 0 aliphatic heterocycles. The Hall–Kier alpha value is -0.620. The molecule has 0 aromatic heterocycles. The van der Waals surface area contributed by atoms with Gasteiger partial charge in [-0.25, -0.2) is 12.7 Å². The van der Waals surface area contributed by atoms with Crippen LogP contribution in [0, 0.1) is 5.92 Å². The second-order valence-electron chi connectivity index (χ2n) is 4.23. The highest BCUT2D eigenvalue weighted by Crippen LogP contribution is 2.28. The van der Waals surface area contributed by atoms with Crippen molar-refractivity contribution in [3.63, 3.8) is 0 Å². The maximum Gasteiger partial charge on any atom is 0.223 e. The van der Waals surface area contributed by atoms with Gasteiger partial charge in [0.2, 0.25) is 15.9 Å². The fourth-order valence-corrected chi connectivity index (χ4v) is 2.42. The van der Waals surface area contributed by atoms with Crippen LogP contribution < -0.4 is 5.32 Å². The predicted octanol–water partition coefficient (Wildman–Crippen LogP) is 0.184. The number of sulfonamides is 1. The lowest BCUT2D eigenvalue weighted by Gasteiger charge is -2.19. The number of nitrogens with one attached hydrogen (secondary N) is 1. The first-order chi connectivity index (χ1) is 7.45. The number of carbonyl (C=O) groups excluding carboxylic acids is 1. The Morgan fingerprint density at radius 2 is 2.00 bits per heavy atom. The molecule has 6 heteroatoms. The Kier molecular flexibility index (Phi) is 4.73. The molecule has 0 spiro atoms. The molecule has 1 aliphatic rings. The minimum absolute atomic E-state index is 0.0601. The average molecular weight is 248 g/mol. The molecule has 1 saturated carbocycles. The lowest BCUT2D eigenvalue weighted by Crippen LogP contribution is -2.38. The highest BCUT2D eigenvalue weighted by molar-refractivity contribution is 7.88. The van der Waals surface area contributed by atoms with Crippen molar-refractivity contribution < 1.29 is 13.2 Å². The van der Waals surface area contributed by atoms with E-state index in [4.69, 9.17) is 0 Å². The van der Waals surface area contributed by atoms with E-state index in [1.54, 1.807) is 0 Å². The van der Waals surface area contributed by atoms with Crippen LogP contribution in [-0.2, 0) is 14.8 Å². The summed E-state index contributed by atoms with van der Waals surface area (Å²) in [6, 6.07) is 0. The fourth-order valence-electron chi connectivity index (χ4n) is 1.49. The van der Waals surface area contributed by atoms with E-state index in [1.807, 2.05) is 6.92 Å². The third kappa shape index (κ3) is 4.49. The first-order valence-electron chi connectivity index (χ1n) is 5.68. The molecule has 0 aromatic carbocycles. The molecule has 0 heterocycles. The van der Waals surface area contributed by atoms with Gasteiger partial charge in [-0.05, 0) is 19.3 Å². The van der Waals surface area contributed by atoms with Crippen LogP contribution in [0.5, 0.6) is 0 Å². The lowest BCUT2D eigenvalue weighted by atomic mass is 10.4. The quantitative estimate of drug-likeness (QED) is 0.699. The molecule has 0 saturated heterocycles. The lowest BCUT2D eigenvalue weighted by molar-refractivity contribution is -0.122. The molecule has 1 amide bonds. The Labute approximate surface area is 97.2 Å². The van der Waals surface area contributed by atoms with Gasteiger partial charge in [0.1, 0.15) is 0 Å². The minimum Gasteiger partial charge on any atom is -0.355 e. The average Bonchev–Trinajstić information content (AvgIpc) is 2.97. The van der Waals surface area contributed by atoms with Crippen molar-refractivity contribution in [1.29, 1.82) is 0 Å². The Morgan fingerprint density at radius 1 is 1.38 bits per heavy atom. The van der Waals surface area contributed by atoms with Gasteiger partial charge in [-0.15, -0.1) is 0 Å². The van der Waals surface area contributed by atoms with Crippen molar-refractivity contribution in [2.75, 3.05) is 25.9 Å². The van der Waals surface area contributed by atoms with Gasteiger partial charge < -0.3 is 5.32 Å². The van der Waals surface area contributed by atoms with E-state index < -0.39 is 10.0 Å². The van der Waals surface area contributed by atoms with Crippen LogP contribution in [0.3, 0.4) is 0 Å². The van der Waals surface area contributed by atoms with Gasteiger partial charge >= 0.3 is 0 Å². The summed E-state index contributed by atoms with van der Waals surface area (Å²) in [7, 11) is -3.15. The van der Waals surface area contributed by atoms with Crippen LogP contribution in [0.25, 0.3) is 0 Å². The highest BCUT2D eigenvalue weighted by atomic mass is 32.2. The van der Waals surface area contributed by atoms with Gasteiger partial charge in [0.25, 0.3) is 0 Å². The van der Waals surface area contributed by atoms with Crippen molar-refractivity contribution in [2.24, 2.45) is 5.92 Å². The molecule has 16 heavy (non-hydrogen) atoms. The SMILES string of the molecule is CCCN(CCNC(=O)C1CC1)S(C)(=O)=O. The van der Waals surface area contributed by atoms with Crippen LogP contribution in [0.1, 0.15) is 26.2 Å². The molecular weight excluding hydrogens is 228 g/mol. The maximum atomic E-state index is 11.4. The Balaban J connectivity index is 2.29. The number of carbonyl (C=O) groups is 1. The van der Waals surface area contributed by atoms with Gasteiger partial charge in [-0.2, -0.15) is 0 Å². The predicted molar refractivity (Wildman–Crippen MR) is 62.4 cm³/mol. The monoisotopic (exact) mass is 248 g/mol. The van der Waals surface area contributed by atoms with E-state index >= 15 is 0 Å². The van der Waals surface area contributed by atoms with Crippen LogP contribution >= 0.6 is 0 Å². The van der Waals surface area contributed by atoms with Crippen molar-refractivity contribution in [2.45, 2.75) is 26.2 Å². The van der Waals surface area contributed by atoms with Crippen molar-refractivity contribution in [1.82, 2.24) is 9.62 Å². The van der Waals surface area contributed by atoms with E-state index in [1.165, 1.54) is 10.6 Å². The molecule has 94 valence electrons. The molecule has 1 fully saturated rings. The van der Waals surface area contributed by atoms with E-state index in [0.29, 0.717) is 19.6 Å². The smallest absolute Gasteiger partial charge is 0.223 e. The number of nitrogens with zero attached hydrogens (tertiary/aromatic N) is 1. The van der Waals surface area contributed by atoms with Crippen molar-refractivity contribution >= 4 is 15.9 Å². The van der Waals surface area contributed by atoms with E-state index in [-0.39, 0.29) is 11.8 Å². The molecular formula is C10H20N2O3S. The second kappa shape index (κ2) is 5.63. The fraction of sp³-hybridized carbons (Fsp3) is 0.900. The zero-order valence-electron chi connectivity index (χ0n) is 9.90. The Morgan fingerprint density at radius 3 is 2.44 bits per heavy atom. The normalized spacial score (nSPS) is 16.4. The third-order valence-electron chi connectivity index (χ3n) is 2.55. The summed E-state index contributed by atoms with van der Waals surface area (Å²) in [5.74, 6) is 0.239. The first-order valence-corrected chi connectivity index (χ1v) is 7.52. The van der Waals surface area contributed by atoms with Gasteiger partial charge in [-0.1, -0.05) is 6.92 Å². The van der Waals surface area contributed by atoms with Gasteiger partial charge in [0.15, 0.2) is 0 Å². The molecule has 5 nitrogen and oxygen atoms in total. The molecule has 1 rings (SSSR count). The molecule has 0 unspecified atom stereocenters. The van der Waals surface area contributed by atoms with Crippen LogP contribution in [-0.4, -0.2) is 44.5 Å². The van der Waals surface area contributed by atoms with Gasteiger partial charge in [0.05, 0.1) is 6.26 Å². The topological polar surface area (TPSA) is 66.5 Å². The van der Waals surface area contributed by atoms with E-state index in [9.17, 15) is 13.2 Å². The summed E-state index contributed by atoms with van der Waals surface area (Å²) in [5.41, 5.74) is 0. The Bertz CT molecular complexity index is 336. The largest absolute Gasteiger partial charge is 0.355 e. The van der Waals surface area contributed by atoms with Crippen LogP contribution in [0.2, 0.25) is 0 Å². The van der Waals surface area contributed by atoms with Gasteiger partial charge in [-0.3, -0.25) is 4.79 Å². The first kappa shape index (κ1) is 13.4. The summed E-state index contributed by atoms with van der Waals surface area (Å²) < 4.78 is 24.1. The van der Waals surface area contributed by atoms with E-state index in [2.05, 4.69) is 5.32 Å². The molecule has 0 radical (unpaired) electrons. The van der Waals surface area contributed by atoms with Crippen molar-refractivity contribution in [3.8, 4) is 0 Å². The minimum atomic E-state index is -3.15. The molecule has 0 bridgehead atoms. The van der Waals surface area contributed by atoms with Crippen LogP contribution in [0.4, 0.5) is 0 Å². The van der Waals surface area contributed by atoms with E-state index in [0.717, 1.165) is 19.3 Å². The summed E-state index contributed by atoms with van der Waals surface area (Å²) >= 11 is 0. The number of hydrogen-bond donors (Lipinski definition) is 1.